The number of nitriles is 1. The summed E-state index contributed by atoms with van der Waals surface area (Å²) in [4.78, 5) is 0. The maximum atomic E-state index is 8.81. The van der Waals surface area contributed by atoms with E-state index in [9.17, 15) is 0 Å². The lowest BCUT2D eigenvalue weighted by Crippen LogP contribution is -1.97. The van der Waals surface area contributed by atoms with E-state index in [1.807, 2.05) is 31.2 Å². The highest BCUT2D eigenvalue weighted by Crippen LogP contribution is 2.29. The van der Waals surface area contributed by atoms with Gasteiger partial charge in [-0.3, -0.25) is 0 Å². The molecule has 0 aliphatic rings. The predicted octanol–water partition coefficient (Wildman–Crippen LogP) is 3.96. The third-order valence-corrected chi connectivity index (χ3v) is 3.23. The fourth-order valence-electron chi connectivity index (χ4n) is 1.61. The van der Waals surface area contributed by atoms with E-state index in [0.29, 0.717) is 11.3 Å². The van der Waals surface area contributed by atoms with E-state index in [1.54, 1.807) is 12.1 Å². The van der Waals surface area contributed by atoms with Crippen molar-refractivity contribution in [2.24, 2.45) is 0 Å². The van der Waals surface area contributed by atoms with Crippen LogP contribution in [0.25, 0.3) is 0 Å². The molecule has 0 unspecified atom stereocenters. The lowest BCUT2D eigenvalue weighted by atomic mass is 10.1. The molecule has 0 aliphatic carbocycles. The number of aryl methyl sites for hydroxylation is 1. The summed E-state index contributed by atoms with van der Waals surface area (Å²) in [6.07, 6.45) is 0. The number of rotatable bonds is 2. The van der Waals surface area contributed by atoms with Gasteiger partial charge in [0, 0.05) is 4.47 Å². The number of anilines is 3. The number of nitrogens with one attached hydrogen (secondary N) is 1. The van der Waals surface area contributed by atoms with Crippen molar-refractivity contribution in [2.75, 3.05) is 11.1 Å². The van der Waals surface area contributed by atoms with Crippen LogP contribution in [0, 0.1) is 18.3 Å². The predicted molar refractivity (Wildman–Crippen MR) is 77.7 cm³/mol. The quantitative estimate of drug-likeness (QED) is 0.826. The zero-order valence-corrected chi connectivity index (χ0v) is 11.5. The van der Waals surface area contributed by atoms with Crippen molar-refractivity contribution in [1.82, 2.24) is 0 Å². The second-order valence-electron chi connectivity index (χ2n) is 4.02. The van der Waals surface area contributed by atoms with Crippen LogP contribution in [0.15, 0.2) is 40.9 Å². The molecule has 2 aromatic rings. The van der Waals surface area contributed by atoms with Gasteiger partial charge >= 0.3 is 0 Å². The van der Waals surface area contributed by atoms with E-state index in [2.05, 4.69) is 27.3 Å². The molecule has 0 aliphatic heterocycles. The lowest BCUT2D eigenvalue weighted by molar-refractivity contribution is 1.43. The fraction of sp³-hybridized carbons (Fsp3) is 0.0714. The molecule has 3 nitrogen and oxygen atoms in total. The maximum absolute atomic E-state index is 8.81. The molecule has 0 bridgehead atoms. The monoisotopic (exact) mass is 301 g/mol. The largest absolute Gasteiger partial charge is 0.397 e. The number of nitrogens with zero attached hydrogens (tertiary/aromatic N) is 1. The van der Waals surface area contributed by atoms with Crippen LogP contribution in [0.3, 0.4) is 0 Å². The van der Waals surface area contributed by atoms with Gasteiger partial charge < -0.3 is 11.1 Å². The first-order valence-corrected chi connectivity index (χ1v) is 6.22. The van der Waals surface area contributed by atoms with Gasteiger partial charge in [0.15, 0.2) is 0 Å². The van der Waals surface area contributed by atoms with Crippen LogP contribution in [0.1, 0.15) is 11.1 Å². The van der Waals surface area contributed by atoms with Gasteiger partial charge in [0.05, 0.1) is 28.7 Å². The Morgan fingerprint density at radius 1 is 1.17 bits per heavy atom. The Morgan fingerprint density at radius 2 is 1.94 bits per heavy atom. The smallest absolute Gasteiger partial charge is 0.0992 e. The van der Waals surface area contributed by atoms with Crippen molar-refractivity contribution in [3.8, 4) is 6.07 Å². The molecule has 0 spiro atoms. The third kappa shape index (κ3) is 2.63. The van der Waals surface area contributed by atoms with Crippen molar-refractivity contribution >= 4 is 33.0 Å². The maximum Gasteiger partial charge on any atom is 0.0992 e. The van der Waals surface area contributed by atoms with Crippen LogP contribution in [-0.2, 0) is 0 Å². The minimum atomic E-state index is 0.615. The van der Waals surface area contributed by atoms with Gasteiger partial charge in [0.1, 0.15) is 0 Å². The summed E-state index contributed by atoms with van der Waals surface area (Å²) in [6.45, 7) is 2.01. The van der Waals surface area contributed by atoms with Gasteiger partial charge in [0.25, 0.3) is 0 Å². The topological polar surface area (TPSA) is 61.8 Å². The molecule has 0 saturated carbocycles. The molecule has 18 heavy (non-hydrogen) atoms. The van der Waals surface area contributed by atoms with Crippen LogP contribution in [-0.4, -0.2) is 0 Å². The average Bonchev–Trinajstić information content (AvgIpc) is 2.36. The number of nitrogen functional groups attached to an aromatic ring is 1. The summed E-state index contributed by atoms with van der Waals surface area (Å²) in [5, 5.41) is 12.1. The molecule has 2 rings (SSSR count). The normalized spacial score (nSPS) is 9.83. The van der Waals surface area contributed by atoms with Crippen LogP contribution in [0.4, 0.5) is 17.1 Å². The molecular formula is C14H12BrN3. The second-order valence-corrected chi connectivity index (χ2v) is 4.88. The van der Waals surface area contributed by atoms with E-state index in [-0.39, 0.29) is 0 Å². The number of hydrogen-bond acceptors (Lipinski definition) is 3. The summed E-state index contributed by atoms with van der Waals surface area (Å²) < 4.78 is 0.836. The van der Waals surface area contributed by atoms with Crippen molar-refractivity contribution in [2.45, 2.75) is 6.92 Å². The number of benzene rings is 2. The molecule has 0 radical (unpaired) electrons. The van der Waals surface area contributed by atoms with Gasteiger partial charge in [-0.1, -0.05) is 6.07 Å². The Labute approximate surface area is 114 Å². The van der Waals surface area contributed by atoms with Gasteiger partial charge in [-0.15, -0.1) is 0 Å². The Balaban J connectivity index is 2.34. The van der Waals surface area contributed by atoms with Crippen molar-refractivity contribution < 1.29 is 0 Å². The van der Waals surface area contributed by atoms with Crippen LogP contribution in [0.2, 0.25) is 0 Å². The summed E-state index contributed by atoms with van der Waals surface area (Å²) in [7, 11) is 0. The van der Waals surface area contributed by atoms with Crippen LogP contribution >= 0.6 is 15.9 Å². The minimum absolute atomic E-state index is 0.615. The summed E-state index contributed by atoms with van der Waals surface area (Å²) in [5.41, 5.74) is 10.1. The molecule has 0 amide bonds. The number of nitrogens with two attached hydrogens (primary N) is 1. The Kier molecular flexibility index (Phi) is 3.54. The molecular weight excluding hydrogens is 290 g/mol. The van der Waals surface area contributed by atoms with Crippen molar-refractivity contribution in [3.63, 3.8) is 0 Å². The zero-order valence-electron chi connectivity index (χ0n) is 9.87. The minimum Gasteiger partial charge on any atom is -0.397 e. The summed E-state index contributed by atoms with van der Waals surface area (Å²) in [5.74, 6) is 0. The summed E-state index contributed by atoms with van der Waals surface area (Å²) in [6, 6.07) is 13.3. The van der Waals surface area contributed by atoms with E-state index < -0.39 is 0 Å². The molecule has 0 heterocycles. The number of hydrogen-bond donors (Lipinski definition) is 2. The van der Waals surface area contributed by atoms with Gasteiger partial charge in [-0.05, 0) is 58.7 Å². The molecule has 0 fully saturated rings. The fourth-order valence-corrected chi connectivity index (χ4v) is 2.09. The molecule has 3 N–H and O–H groups in total. The molecule has 0 saturated heterocycles. The van der Waals surface area contributed by atoms with Crippen LogP contribution < -0.4 is 11.1 Å². The zero-order chi connectivity index (χ0) is 13.1. The molecule has 2 aromatic carbocycles. The molecule has 90 valence electrons. The van der Waals surface area contributed by atoms with E-state index >= 15 is 0 Å². The highest BCUT2D eigenvalue weighted by molar-refractivity contribution is 9.10. The summed E-state index contributed by atoms with van der Waals surface area (Å²) >= 11 is 3.43. The third-order valence-electron chi connectivity index (χ3n) is 2.58. The van der Waals surface area contributed by atoms with Crippen molar-refractivity contribution in [1.29, 1.82) is 5.26 Å². The molecule has 0 atom stereocenters. The van der Waals surface area contributed by atoms with E-state index in [0.717, 1.165) is 21.4 Å². The van der Waals surface area contributed by atoms with E-state index in [1.165, 1.54) is 0 Å². The van der Waals surface area contributed by atoms with E-state index in [4.69, 9.17) is 11.0 Å². The van der Waals surface area contributed by atoms with Gasteiger partial charge in [-0.2, -0.15) is 5.26 Å². The van der Waals surface area contributed by atoms with Gasteiger partial charge in [-0.25, -0.2) is 0 Å². The Hall–Kier alpha value is -1.99. The standard InChI is InChI=1S/C14H12BrN3/c1-9-2-4-12(17)14(6-9)18-13-5-3-10(8-16)7-11(13)15/h2-7,18H,17H2,1H3. The lowest BCUT2D eigenvalue weighted by Gasteiger charge is -2.11. The second kappa shape index (κ2) is 5.11. The number of halogens is 1. The Morgan fingerprint density at radius 3 is 2.61 bits per heavy atom. The average molecular weight is 302 g/mol. The van der Waals surface area contributed by atoms with Crippen molar-refractivity contribution in [3.05, 3.63) is 52.0 Å². The highest BCUT2D eigenvalue weighted by Gasteiger charge is 2.04. The Bertz CT molecular complexity index is 629. The first kappa shape index (κ1) is 12.5. The molecule has 0 aromatic heterocycles. The molecule has 4 heteroatoms. The van der Waals surface area contributed by atoms with Gasteiger partial charge in [0.2, 0.25) is 0 Å². The van der Waals surface area contributed by atoms with Crippen LogP contribution in [0.5, 0.6) is 0 Å². The first-order valence-electron chi connectivity index (χ1n) is 5.43. The SMILES string of the molecule is Cc1ccc(N)c(Nc2ccc(C#N)cc2Br)c1. The first-order chi connectivity index (χ1) is 8.60. The highest BCUT2D eigenvalue weighted by atomic mass is 79.9.